The summed E-state index contributed by atoms with van der Waals surface area (Å²) in [6, 6.07) is 1.95. The molecule has 2 aliphatic heterocycles. The average molecular weight is 320 g/mol. The van der Waals surface area contributed by atoms with Crippen molar-refractivity contribution in [2.45, 2.75) is 38.7 Å². The highest BCUT2D eigenvalue weighted by Crippen LogP contribution is 2.16. The Morgan fingerprint density at radius 1 is 1.35 bits per heavy atom. The van der Waals surface area contributed by atoms with Gasteiger partial charge in [-0.25, -0.2) is 0 Å². The van der Waals surface area contributed by atoms with Gasteiger partial charge in [0.05, 0.1) is 11.8 Å². The summed E-state index contributed by atoms with van der Waals surface area (Å²) in [6.07, 6.45) is 4.73. The lowest BCUT2D eigenvalue weighted by molar-refractivity contribution is 0.0427. The molecule has 1 unspecified atom stereocenters. The minimum Gasteiger partial charge on any atom is -0.377 e. The third kappa shape index (κ3) is 3.93. The Balaban J connectivity index is 1.53. The second-order valence-corrected chi connectivity index (χ2v) is 6.62. The van der Waals surface area contributed by atoms with Crippen molar-refractivity contribution in [3.05, 3.63) is 17.5 Å². The van der Waals surface area contributed by atoms with Gasteiger partial charge in [0.2, 0.25) is 0 Å². The van der Waals surface area contributed by atoms with Crippen LogP contribution >= 0.6 is 0 Å². The first-order chi connectivity index (χ1) is 11.2. The maximum Gasteiger partial charge on any atom is 0.272 e. The van der Waals surface area contributed by atoms with E-state index < -0.39 is 0 Å². The fourth-order valence-electron chi connectivity index (χ4n) is 3.48. The Kier molecular flexibility index (Phi) is 5.33. The van der Waals surface area contributed by atoms with Gasteiger partial charge in [-0.3, -0.25) is 14.4 Å². The number of aromatic nitrogens is 2. The lowest BCUT2D eigenvalue weighted by atomic mass is 10.2. The first kappa shape index (κ1) is 16.5. The Morgan fingerprint density at radius 2 is 2.13 bits per heavy atom. The van der Waals surface area contributed by atoms with Crippen molar-refractivity contribution in [2.24, 2.45) is 7.05 Å². The van der Waals surface area contributed by atoms with Crippen molar-refractivity contribution in [3.63, 3.8) is 0 Å². The third-order valence-corrected chi connectivity index (χ3v) is 4.80. The van der Waals surface area contributed by atoms with Gasteiger partial charge in [0.15, 0.2) is 0 Å². The highest BCUT2D eigenvalue weighted by Gasteiger charge is 2.26. The van der Waals surface area contributed by atoms with Crippen molar-refractivity contribution in [3.8, 4) is 0 Å². The minimum atomic E-state index is 0.110. The molecular formula is C17H28N4O2. The predicted molar refractivity (Wildman–Crippen MR) is 88.5 cm³/mol. The number of ether oxygens (including phenoxy) is 1. The molecule has 0 spiro atoms. The minimum absolute atomic E-state index is 0.110. The topological polar surface area (TPSA) is 50.6 Å². The summed E-state index contributed by atoms with van der Waals surface area (Å²) < 4.78 is 7.44. The van der Waals surface area contributed by atoms with Crippen LogP contribution in [-0.2, 0) is 18.2 Å². The van der Waals surface area contributed by atoms with Gasteiger partial charge in [-0.05, 0) is 25.3 Å². The van der Waals surface area contributed by atoms with Crippen LogP contribution in [0.3, 0.4) is 0 Å². The number of piperazine rings is 1. The van der Waals surface area contributed by atoms with Gasteiger partial charge in [-0.15, -0.1) is 0 Å². The molecular weight excluding hydrogens is 292 g/mol. The van der Waals surface area contributed by atoms with Crippen molar-refractivity contribution >= 4 is 5.91 Å². The molecule has 128 valence electrons. The number of rotatable bonds is 5. The van der Waals surface area contributed by atoms with Crippen molar-refractivity contribution in [1.82, 2.24) is 19.6 Å². The molecule has 2 saturated heterocycles. The molecule has 1 aromatic heterocycles. The number of carbonyl (C=O) groups excluding carboxylic acids is 1. The van der Waals surface area contributed by atoms with E-state index in [1.54, 1.807) is 4.68 Å². The van der Waals surface area contributed by atoms with Crippen LogP contribution in [0.2, 0.25) is 0 Å². The summed E-state index contributed by atoms with van der Waals surface area (Å²) in [5.41, 5.74) is 1.72. The molecule has 0 aliphatic carbocycles. The number of carbonyl (C=O) groups is 1. The summed E-state index contributed by atoms with van der Waals surface area (Å²) in [5, 5.41) is 4.44. The number of hydrogen-bond donors (Lipinski definition) is 0. The van der Waals surface area contributed by atoms with Crippen LogP contribution < -0.4 is 0 Å². The van der Waals surface area contributed by atoms with Crippen LogP contribution in [0, 0.1) is 0 Å². The van der Waals surface area contributed by atoms with Crippen LogP contribution in [0.25, 0.3) is 0 Å². The quantitative estimate of drug-likeness (QED) is 0.821. The molecule has 3 heterocycles. The van der Waals surface area contributed by atoms with E-state index in [0.29, 0.717) is 11.8 Å². The zero-order valence-electron chi connectivity index (χ0n) is 14.3. The van der Waals surface area contributed by atoms with E-state index in [4.69, 9.17) is 4.74 Å². The maximum absolute atomic E-state index is 12.7. The molecule has 2 aliphatic rings. The molecule has 0 N–H and O–H groups in total. The largest absolute Gasteiger partial charge is 0.377 e. The summed E-state index contributed by atoms with van der Waals surface area (Å²) in [6.45, 7) is 7.50. The summed E-state index contributed by atoms with van der Waals surface area (Å²) in [4.78, 5) is 17.1. The molecule has 23 heavy (non-hydrogen) atoms. The first-order valence-electron chi connectivity index (χ1n) is 8.83. The van der Waals surface area contributed by atoms with Crippen LogP contribution in [0.5, 0.6) is 0 Å². The first-order valence-corrected chi connectivity index (χ1v) is 8.83. The van der Waals surface area contributed by atoms with E-state index in [9.17, 15) is 4.79 Å². The standard InChI is InChI=1S/C17H28N4O2/c1-3-5-14-12-16(19(2)18-14)17(22)21-9-7-20(8-10-21)13-15-6-4-11-23-15/h12,15H,3-11,13H2,1-2H3. The molecule has 0 aromatic carbocycles. The number of nitrogens with zero attached hydrogens (tertiary/aromatic N) is 4. The SMILES string of the molecule is CCCc1cc(C(=O)N2CCN(CC3CCCO3)CC2)n(C)n1. The molecule has 1 atom stereocenters. The zero-order valence-corrected chi connectivity index (χ0v) is 14.3. The lowest BCUT2D eigenvalue weighted by Crippen LogP contribution is -2.50. The molecule has 1 aromatic rings. The van der Waals surface area contributed by atoms with E-state index in [1.807, 2.05) is 18.0 Å². The third-order valence-electron chi connectivity index (χ3n) is 4.80. The van der Waals surface area contributed by atoms with E-state index in [-0.39, 0.29) is 5.91 Å². The monoisotopic (exact) mass is 320 g/mol. The van der Waals surface area contributed by atoms with Crippen LogP contribution in [0.1, 0.15) is 42.4 Å². The summed E-state index contributed by atoms with van der Waals surface area (Å²) in [5.74, 6) is 0.110. The van der Waals surface area contributed by atoms with Crippen molar-refractivity contribution < 1.29 is 9.53 Å². The Morgan fingerprint density at radius 3 is 2.78 bits per heavy atom. The maximum atomic E-state index is 12.7. The van der Waals surface area contributed by atoms with E-state index in [2.05, 4.69) is 16.9 Å². The van der Waals surface area contributed by atoms with Gasteiger partial charge in [0.25, 0.3) is 5.91 Å². The average Bonchev–Trinajstić information content (AvgIpc) is 3.17. The highest BCUT2D eigenvalue weighted by atomic mass is 16.5. The Bertz CT molecular complexity index is 529. The molecule has 0 radical (unpaired) electrons. The fourth-order valence-corrected chi connectivity index (χ4v) is 3.48. The van der Waals surface area contributed by atoms with E-state index in [0.717, 1.165) is 57.9 Å². The fraction of sp³-hybridized carbons (Fsp3) is 0.765. The zero-order chi connectivity index (χ0) is 16.2. The molecule has 0 bridgehead atoms. The Hall–Kier alpha value is -1.40. The molecule has 1 amide bonds. The smallest absolute Gasteiger partial charge is 0.272 e. The van der Waals surface area contributed by atoms with Crippen LogP contribution in [0.4, 0.5) is 0 Å². The summed E-state index contributed by atoms with van der Waals surface area (Å²) >= 11 is 0. The highest BCUT2D eigenvalue weighted by molar-refractivity contribution is 5.92. The van der Waals surface area contributed by atoms with E-state index in [1.165, 1.54) is 12.8 Å². The molecule has 0 saturated carbocycles. The van der Waals surface area contributed by atoms with Gasteiger partial charge >= 0.3 is 0 Å². The number of amides is 1. The molecule has 2 fully saturated rings. The normalized spacial score (nSPS) is 22.7. The second-order valence-electron chi connectivity index (χ2n) is 6.62. The van der Waals surface area contributed by atoms with Crippen LogP contribution in [0.15, 0.2) is 6.07 Å². The van der Waals surface area contributed by atoms with Crippen LogP contribution in [-0.4, -0.2) is 70.9 Å². The molecule has 6 nitrogen and oxygen atoms in total. The second kappa shape index (κ2) is 7.45. The van der Waals surface area contributed by atoms with Crippen molar-refractivity contribution in [1.29, 1.82) is 0 Å². The van der Waals surface area contributed by atoms with Gasteiger partial charge in [-0.2, -0.15) is 5.10 Å². The number of aryl methyl sites for hydroxylation is 2. The van der Waals surface area contributed by atoms with Gasteiger partial charge in [-0.1, -0.05) is 13.3 Å². The van der Waals surface area contributed by atoms with Gasteiger partial charge in [0, 0.05) is 46.4 Å². The molecule has 6 heteroatoms. The number of hydrogen-bond acceptors (Lipinski definition) is 4. The lowest BCUT2D eigenvalue weighted by Gasteiger charge is -2.35. The van der Waals surface area contributed by atoms with Crippen molar-refractivity contribution in [2.75, 3.05) is 39.3 Å². The predicted octanol–water partition coefficient (Wildman–Crippen LogP) is 1.31. The summed E-state index contributed by atoms with van der Waals surface area (Å²) in [7, 11) is 1.86. The van der Waals surface area contributed by atoms with Gasteiger partial charge < -0.3 is 9.64 Å². The molecule has 3 rings (SSSR count). The Labute approximate surface area is 138 Å². The van der Waals surface area contributed by atoms with Gasteiger partial charge in [0.1, 0.15) is 5.69 Å². The van der Waals surface area contributed by atoms with E-state index >= 15 is 0 Å².